The monoisotopic (exact) mass is 283 g/mol. The predicted octanol–water partition coefficient (Wildman–Crippen LogP) is 4.28. The summed E-state index contributed by atoms with van der Waals surface area (Å²) in [7, 11) is 0. The molecule has 2 aromatic carbocycles. The lowest BCUT2D eigenvalue weighted by molar-refractivity contribution is 0.306. The second-order valence-electron chi connectivity index (χ2n) is 6.01. The third-order valence-corrected chi connectivity index (χ3v) is 3.53. The van der Waals surface area contributed by atoms with Crippen LogP contribution in [0.25, 0.3) is 0 Å². The van der Waals surface area contributed by atoms with Crippen LogP contribution in [0.5, 0.6) is 5.75 Å². The highest BCUT2D eigenvalue weighted by Gasteiger charge is 2.01. The van der Waals surface area contributed by atoms with Crippen molar-refractivity contribution in [3.05, 3.63) is 65.2 Å². The van der Waals surface area contributed by atoms with Crippen molar-refractivity contribution in [3.63, 3.8) is 0 Å². The van der Waals surface area contributed by atoms with Crippen LogP contribution in [0.3, 0.4) is 0 Å². The third-order valence-electron chi connectivity index (χ3n) is 3.53. The van der Waals surface area contributed by atoms with E-state index >= 15 is 0 Å². The third kappa shape index (κ3) is 4.91. The summed E-state index contributed by atoms with van der Waals surface area (Å²) in [6.07, 6.45) is 0.900. The molecule has 2 N–H and O–H groups in total. The minimum Gasteiger partial charge on any atom is -0.489 e. The molecule has 2 rings (SSSR count). The van der Waals surface area contributed by atoms with E-state index < -0.39 is 0 Å². The summed E-state index contributed by atoms with van der Waals surface area (Å²) in [4.78, 5) is 0. The van der Waals surface area contributed by atoms with Gasteiger partial charge in [0.05, 0.1) is 0 Å². The minimum absolute atomic E-state index is 0.191. The highest BCUT2D eigenvalue weighted by Crippen LogP contribution is 2.17. The lowest BCUT2D eigenvalue weighted by Gasteiger charge is -2.10. The summed E-state index contributed by atoms with van der Waals surface area (Å²) in [5.74, 6) is 1.47. The first kappa shape index (κ1) is 15.6. The van der Waals surface area contributed by atoms with Crippen LogP contribution in [0.4, 0.5) is 0 Å². The second kappa shape index (κ2) is 7.28. The Morgan fingerprint density at radius 2 is 1.43 bits per heavy atom. The van der Waals surface area contributed by atoms with Crippen molar-refractivity contribution >= 4 is 0 Å². The number of hydrogen-bond acceptors (Lipinski definition) is 2. The summed E-state index contributed by atoms with van der Waals surface area (Å²) in [5, 5.41) is 0. The van der Waals surface area contributed by atoms with Crippen molar-refractivity contribution < 1.29 is 4.74 Å². The van der Waals surface area contributed by atoms with Gasteiger partial charge in [0.15, 0.2) is 0 Å². The fourth-order valence-corrected chi connectivity index (χ4v) is 2.26. The first-order valence-corrected chi connectivity index (χ1v) is 7.60. The molecule has 0 heterocycles. The van der Waals surface area contributed by atoms with Crippen molar-refractivity contribution in [1.29, 1.82) is 0 Å². The Morgan fingerprint density at radius 3 is 1.95 bits per heavy atom. The van der Waals surface area contributed by atoms with Gasteiger partial charge in [0.2, 0.25) is 0 Å². The maximum Gasteiger partial charge on any atom is 0.119 e. The molecule has 0 fully saturated rings. The van der Waals surface area contributed by atoms with Crippen LogP contribution in [-0.2, 0) is 13.0 Å². The molecule has 0 aliphatic carbocycles. The highest BCUT2D eigenvalue weighted by atomic mass is 16.5. The zero-order valence-corrected chi connectivity index (χ0v) is 13.2. The molecule has 0 saturated heterocycles. The van der Waals surface area contributed by atoms with Crippen molar-refractivity contribution in [3.8, 4) is 5.75 Å². The van der Waals surface area contributed by atoms with Crippen LogP contribution in [0.2, 0.25) is 0 Å². The molecule has 112 valence electrons. The molecule has 0 aliphatic rings. The van der Waals surface area contributed by atoms with Gasteiger partial charge in [-0.15, -0.1) is 0 Å². The molecule has 0 saturated carbocycles. The van der Waals surface area contributed by atoms with E-state index in [0.717, 1.165) is 12.2 Å². The van der Waals surface area contributed by atoms with E-state index in [1.54, 1.807) is 0 Å². The molecule has 2 aromatic rings. The van der Waals surface area contributed by atoms with Gasteiger partial charge in [0.25, 0.3) is 0 Å². The maximum atomic E-state index is 5.82. The first-order valence-electron chi connectivity index (χ1n) is 7.60. The zero-order chi connectivity index (χ0) is 15.2. The van der Waals surface area contributed by atoms with Gasteiger partial charge in [-0.3, -0.25) is 0 Å². The lowest BCUT2D eigenvalue weighted by atomic mass is 10.0. The van der Waals surface area contributed by atoms with Crippen molar-refractivity contribution in [2.75, 3.05) is 0 Å². The van der Waals surface area contributed by atoms with E-state index in [9.17, 15) is 0 Å². The van der Waals surface area contributed by atoms with Crippen molar-refractivity contribution in [2.45, 2.75) is 45.8 Å². The zero-order valence-electron chi connectivity index (χ0n) is 13.2. The smallest absolute Gasteiger partial charge is 0.119 e. The summed E-state index contributed by atoms with van der Waals surface area (Å²) < 4.78 is 5.82. The van der Waals surface area contributed by atoms with E-state index in [2.05, 4.69) is 50.2 Å². The molecule has 0 spiro atoms. The molecule has 0 bridgehead atoms. The topological polar surface area (TPSA) is 35.2 Å². The van der Waals surface area contributed by atoms with Crippen molar-refractivity contribution in [1.82, 2.24) is 0 Å². The molecule has 2 heteroatoms. The molecule has 21 heavy (non-hydrogen) atoms. The Kier molecular flexibility index (Phi) is 5.40. The quantitative estimate of drug-likeness (QED) is 0.859. The summed E-state index contributed by atoms with van der Waals surface area (Å²) in [6, 6.07) is 17.0. The Morgan fingerprint density at radius 1 is 0.857 bits per heavy atom. The molecule has 1 atom stereocenters. The molecule has 1 unspecified atom stereocenters. The van der Waals surface area contributed by atoms with Gasteiger partial charge < -0.3 is 10.5 Å². The van der Waals surface area contributed by atoms with Gasteiger partial charge in [-0.25, -0.2) is 0 Å². The number of hydrogen-bond donors (Lipinski definition) is 1. The Bertz CT molecular complexity index is 541. The number of rotatable bonds is 6. The van der Waals surface area contributed by atoms with Gasteiger partial charge in [-0.1, -0.05) is 50.2 Å². The Hall–Kier alpha value is -1.80. The van der Waals surface area contributed by atoms with Gasteiger partial charge in [0.1, 0.15) is 12.4 Å². The highest BCUT2D eigenvalue weighted by molar-refractivity contribution is 5.29. The second-order valence-corrected chi connectivity index (χ2v) is 6.01. The number of benzene rings is 2. The Labute approximate surface area is 127 Å². The molecular weight excluding hydrogens is 258 g/mol. The largest absolute Gasteiger partial charge is 0.489 e. The average molecular weight is 283 g/mol. The van der Waals surface area contributed by atoms with Gasteiger partial charge in [0, 0.05) is 6.04 Å². The van der Waals surface area contributed by atoms with Gasteiger partial charge >= 0.3 is 0 Å². The van der Waals surface area contributed by atoms with E-state index in [0.29, 0.717) is 12.5 Å². The average Bonchev–Trinajstić information content (AvgIpc) is 2.46. The maximum absolute atomic E-state index is 5.82. The van der Waals surface area contributed by atoms with Crippen LogP contribution < -0.4 is 10.5 Å². The normalized spacial score (nSPS) is 12.4. The summed E-state index contributed by atoms with van der Waals surface area (Å²) in [5.41, 5.74) is 9.60. The lowest BCUT2D eigenvalue weighted by Crippen LogP contribution is -2.17. The molecular formula is C19H25NO. The van der Waals surface area contributed by atoms with E-state index in [1.165, 1.54) is 16.7 Å². The predicted molar refractivity (Wildman–Crippen MR) is 88.7 cm³/mol. The molecule has 0 aromatic heterocycles. The summed E-state index contributed by atoms with van der Waals surface area (Å²) >= 11 is 0. The Balaban J connectivity index is 1.90. The van der Waals surface area contributed by atoms with Crippen molar-refractivity contribution in [2.24, 2.45) is 5.73 Å². The summed E-state index contributed by atoms with van der Waals surface area (Å²) in [6.45, 7) is 7.03. The van der Waals surface area contributed by atoms with E-state index in [1.807, 2.05) is 19.1 Å². The van der Waals surface area contributed by atoms with Crippen LogP contribution in [0.15, 0.2) is 48.5 Å². The fourth-order valence-electron chi connectivity index (χ4n) is 2.26. The fraction of sp³-hybridized carbons (Fsp3) is 0.368. The molecule has 2 nitrogen and oxygen atoms in total. The van der Waals surface area contributed by atoms with Gasteiger partial charge in [-0.2, -0.15) is 0 Å². The van der Waals surface area contributed by atoms with Crippen LogP contribution in [-0.4, -0.2) is 6.04 Å². The van der Waals surface area contributed by atoms with Crippen LogP contribution >= 0.6 is 0 Å². The molecule has 0 radical (unpaired) electrons. The van der Waals surface area contributed by atoms with Gasteiger partial charge in [-0.05, 0) is 48.1 Å². The van der Waals surface area contributed by atoms with E-state index in [4.69, 9.17) is 10.5 Å². The number of ether oxygens (including phenoxy) is 1. The number of nitrogens with two attached hydrogens (primary N) is 1. The minimum atomic E-state index is 0.191. The first-order chi connectivity index (χ1) is 10.0. The van der Waals surface area contributed by atoms with Crippen LogP contribution in [0.1, 0.15) is 43.4 Å². The standard InChI is InChI=1S/C19H25NO/c1-14(2)18-8-4-17(5-9-18)13-21-19-10-6-16(7-11-19)12-15(3)20/h4-11,14-15H,12-13,20H2,1-3H3. The SMILES string of the molecule is CC(N)Cc1ccc(OCc2ccc(C(C)C)cc2)cc1. The molecule has 0 aliphatic heterocycles. The van der Waals surface area contributed by atoms with E-state index in [-0.39, 0.29) is 6.04 Å². The van der Waals surface area contributed by atoms with Crippen LogP contribution in [0, 0.1) is 0 Å². The molecule has 0 amide bonds.